The van der Waals surface area contributed by atoms with Crippen LogP contribution in [-0.2, 0) is 4.79 Å². The third-order valence-electron chi connectivity index (χ3n) is 3.08. The molecule has 0 saturated carbocycles. The van der Waals surface area contributed by atoms with Gasteiger partial charge < -0.3 is 25.7 Å². The van der Waals surface area contributed by atoms with Gasteiger partial charge in [0.15, 0.2) is 0 Å². The van der Waals surface area contributed by atoms with Gasteiger partial charge in [0, 0.05) is 26.1 Å². The van der Waals surface area contributed by atoms with Crippen molar-refractivity contribution in [2.75, 3.05) is 25.0 Å². The summed E-state index contributed by atoms with van der Waals surface area (Å²) in [5.41, 5.74) is -0.110. The molecule has 8 nitrogen and oxygen atoms in total. The van der Waals surface area contributed by atoms with E-state index in [1.54, 1.807) is 0 Å². The van der Waals surface area contributed by atoms with Gasteiger partial charge in [0.1, 0.15) is 5.75 Å². The molecule has 0 unspecified atom stereocenters. The van der Waals surface area contributed by atoms with Crippen LogP contribution in [0.2, 0.25) is 0 Å². The average Bonchev–Trinajstić information content (AvgIpc) is 2.65. The summed E-state index contributed by atoms with van der Waals surface area (Å²) in [6.07, 6.45) is 0.203. The molecule has 0 atom stereocenters. The Kier molecular flexibility index (Phi) is 4.27. The lowest BCUT2D eigenvalue weighted by Crippen LogP contribution is -2.37. The number of benzene rings is 1. The molecule has 21 heavy (non-hydrogen) atoms. The topological polar surface area (TPSA) is 119 Å². The second kappa shape index (κ2) is 6.12. The number of anilines is 1. The fourth-order valence-electron chi connectivity index (χ4n) is 1.98. The van der Waals surface area contributed by atoms with Crippen LogP contribution in [0.3, 0.4) is 0 Å². The van der Waals surface area contributed by atoms with Crippen LogP contribution >= 0.6 is 0 Å². The predicted octanol–water partition coefficient (Wildman–Crippen LogP) is 0.444. The maximum absolute atomic E-state index is 12.1. The highest BCUT2D eigenvalue weighted by Crippen LogP contribution is 2.21. The number of phenolic OH excluding ortho intramolecular Hbond substituents is 1. The van der Waals surface area contributed by atoms with Gasteiger partial charge >= 0.3 is 12.0 Å². The molecule has 0 radical (unpaired) electrons. The Bertz CT molecular complexity index is 587. The van der Waals surface area contributed by atoms with Gasteiger partial charge in [-0.3, -0.25) is 4.79 Å². The molecular weight excluding hydrogens is 278 g/mol. The van der Waals surface area contributed by atoms with Gasteiger partial charge in [0.05, 0.1) is 11.3 Å². The summed E-state index contributed by atoms with van der Waals surface area (Å²) in [6, 6.07) is 3.18. The fourth-order valence-corrected chi connectivity index (χ4v) is 1.98. The lowest BCUT2D eigenvalue weighted by molar-refractivity contribution is -0.120. The normalized spacial score (nSPS) is 15.0. The van der Waals surface area contributed by atoms with Gasteiger partial charge in [-0.1, -0.05) is 0 Å². The number of carboxylic acid groups (broad SMARTS) is 1. The summed E-state index contributed by atoms with van der Waals surface area (Å²) >= 11 is 0. The first-order valence-corrected chi connectivity index (χ1v) is 6.36. The van der Waals surface area contributed by atoms with Crippen LogP contribution in [0.15, 0.2) is 18.2 Å². The summed E-state index contributed by atoms with van der Waals surface area (Å²) in [6.45, 7) is 0.962. The molecule has 0 spiro atoms. The first-order valence-electron chi connectivity index (χ1n) is 6.36. The lowest BCUT2D eigenvalue weighted by atomic mass is 10.1. The van der Waals surface area contributed by atoms with Gasteiger partial charge in [0.2, 0.25) is 5.91 Å². The summed E-state index contributed by atoms with van der Waals surface area (Å²) in [5, 5.41) is 23.5. The van der Waals surface area contributed by atoms with E-state index in [-0.39, 0.29) is 35.9 Å². The summed E-state index contributed by atoms with van der Waals surface area (Å²) < 4.78 is 0. The second-order valence-electron chi connectivity index (χ2n) is 4.55. The molecule has 0 bridgehead atoms. The minimum Gasteiger partial charge on any atom is -0.508 e. The highest BCUT2D eigenvalue weighted by atomic mass is 16.4. The molecule has 112 valence electrons. The largest absolute Gasteiger partial charge is 0.508 e. The summed E-state index contributed by atoms with van der Waals surface area (Å²) in [4.78, 5) is 35.8. The standard InChI is InChI=1S/C13H15N3O5/c17-8-1-2-10(9(7-8)12(19)20)15-13(21)16-5-3-11(18)14-4-6-16/h1-2,7,17H,3-6H2,(H,14,18)(H,15,21)(H,19,20). The van der Waals surface area contributed by atoms with E-state index in [1.807, 2.05) is 0 Å². The summed E-state index contributed by atoms with van der Waals surface area (Å²) in [5.74, 6) is -1.58. The van der Waals surface area contributed by atoms with Gasteiger partial charge in [-0.2, -0.15) is 0 Å². The van der Waals surface area contributed by atoms with Crippen molar-refractivity contribution in [3.8, 4) is 5.75 Å². The van der Waals surface area contributed by atoms with Gasteiger partial charge in [-0.05, 0) is 18.2 Å². The number of aromatic carboxylic acids is 1. The molecule has 1 aliphatic rings. The van der Waals surface area contributed by atoms with E-state index in [0.29, 0.717) is 13.1 Å². The number of carboxylic acids is 1. The van der Waals surface area contributed by atoms with Crippen LogP contribution < -0.4 is 10.6 Å². The molecule has 3 amide bonds. The number of carbonyl (C=O) groups is 3. The molecule has 0 aliphatic carbocycles. The predicted molar refractivity (Wildman–Crippen MR) is 73.3 cm³/mol. The number of rotatable bonds is 2. The number of hydrogen-bond acceptors (Lipinski definition) is 4. The molecule has 1 aliphatic heterocycles. The van der Waals surface area contributed by atoms with Gasteiger partial charge in [-0.25, -0.2) is 9.59 Å². The van der Waals surface area contributed by atoms with Crippen molar-refractivity contribution >= 4 is 23.6 Å². The minimum atomic E-state index is -1.26. The number of nitrogens with zero attached hydrogens (tertiary/aromatic N) is 1. The Morgan fingerprint density at radius 2 is 2.05 bits per heavy atom. The maximum atomic E-state index is 12.1. The van der Waals surface area contributed by atoms with Crippen LogP contribution in [-0.4, -0.2) is 52.7 Å². The zero-order valence-electron chi connectivity index (χ0n) is 11.1. The molecule has 4 N–H and O–H groups in total. The highest BCUT2D eigenvalue weighted by Gasteiger charge is 2.20. The van der Waals surface area contributed by atoms with Crippen molar-refractivity contribution in [3.05, 3.63) is 23.8 Å². The van der Waals surface area contributed by atoms with Crippen LogP contribution in [0.1, 0.15) is 16.8 Å². The van der Waals surface area contributed by atoms with Gasteiger partial charge in [0.25, 0.3) is 0 Å². The van der Waals surface area contributed by atoms with Crippen LogP contribution in [0, 0.1) is 0 Å². The molecule has 1 aromatic carbocycles. The molecule has 1 aromatic rings. The average molecular weight is 293 g/mol. The Morgan fingerprint density at radius 1 is 1.29 bits per heavy atom. The Morgan fingerprint density at radius 3 is 2.76 bits per heavy atom. The molecular formula is C13H15N3O5. The smallest absolute Gasteiger partial charge is 0.337 e. The van der Waals surface area contributed by atoms with E-state index in [0.717, 1.165) is 6.07 Å². The van der Waals surface area contributed by atoms with Crippen molar-refractivity contribution in [3.63, 3.8) is 0 Å². The number of hydrogen-bond donors (Lipinski definition) is 4. The van der Waals surface area contributed by atoms with E-state index < -0.39 is 12.0 Å². The van der Waals surface area contributed by atoms with Crippen molar-refractivity contribution in [1.29, 1.82) is 0 Å². The quantitative estimate of drug-likeness (QED) is 0.590. The highest BCUT2D eigenvalue weighted by molar-refractivity contribution is 6.00. The fraction of sp³-hybridized carbons (Fsp3) is 0.308. The van der Waals surface area contributed by atoms with E-state index >= 15 is 0 Å². The van der Waals surface area contributed by atoms with Gasteiger partial charge in [-0.15, -0.1) is 0 Å². The number of phenols is 1. The molecule has 0 aromatic heterocycles. The van der Waals surface area contributed by atoms with Crippen molar-refractivity contribution in [2.45, 2.75) is 6.42 Å². The van der Waals surface area contributed by atoms with Crippen LogP contribution in [0.25, 0.3) is 0 Å². The summed E-state index contributed by atoms with van der Waals surface area (Å²) in [7, 11) is 0. The molecule has 1 saturated heterocycles. The zero-order chi connectivity index (χ0) is 15.4. The molecule has 1 heterocycles. The number of urea groups is 1. The zero-order valence-corrected chi connectivity index (χ0v) is 11.1. The van der Waals surface area contributed by atoms with E-state index in [2.05, 4.69) is 10.6 Å². The van der Waals surface area contributed by atoms with E-state index in [1.165, 1.54) is 17.0 Å². The van der Waals surface area contributed by atoms with Crippen LogP contribution in [0.4, 0.5) is 10.5 Å². The SMILES string of the molecule is O=C1CCN(C(=O)Nc2ccc(O)cc2C(=O)O)CCN1. The van der Waals surface area contributed by atoms with Crippen molar-refractivity contribution in [1.82, 2.24) is 10.2 Å². The number of aromatic hydroxyl groups is 1. The Balaban J connectivity index is 2.12. The third-order valence-corrected chi connectivity index (χ3v) is 3.08. The minimum absolute atomic E-state index is 0.0915. The van der Waals surface area contributed by atoms with Crippen molar-refractivity contribution in [2.24, 2.45) is 0 Å². The third kappa shape index (κ3) is 3.62. The Labute approximate surface area is 120 Å². The van der Waals surface area contributed by atoms with Crippen LogP contribution in [0.5, 0.6) is 5.75 Å². The van der Waals surface area contributed by atoms with Crippen molar-refractivity contribution < 1.29 is 24.6 Å². The molecule has 8 heteroatoms. The van der Waals surface area contributed by atoms with E-state index in [9.17, 15) is 19.5 Å². The van der Waals surface area contributed by atoms with E-state index in [4.69, 9.17) is 5.11 Å². The first kappa shape index (κ1) is 14.6. The maximum Gasteiger partial charge on any atom is 0.337 e. The monoisotopic (exact) mass is 293 g/mol. The molecule has 2 rings (SSSR count). The number of nitrogens with one attached hydrogen (secondary N) is 2. The number of carbonyl (C=O) groups excluding carboxylic acids is 2. The Hall–Kier alpha value is -2.77. The lowest BCUT2D eigenvalue weighted by Gasteiger charge is -2.20. The molecule has 1 fully saturated rings. The second-order valence-corrected chi connectivity index (χ2v) is 4.55. The first-order chi connectivity index (χ1) is 9.97. The number of amides is 3.